The van der Waals surface area contributed by atoms with Crippen LogP contribution >= 0.6 is 0 Å². The Morgan fingerprint density at radius 2 is 1.94 bits per heavy atom. The minimum atomic E-state index is -1.66. The maximum atomic E-state index is 11.5. The molecule has 0 aliphatic carbocycles. The average molecular weight is 242 g/mol. The Bertz CT molecular complexity index is 408. The van der Waals surface area contributed by atoms with Crippen LogP contribution in [0.15, 0.2) is 12.2 Å². The molecule has 0 amide bonds. The molecule has 0 aromatic rings. The number of rotatable bonds is 3. The first-order chi connectivity index (χ1) is 7.60. The van der Waals surface area contributed by atoms with Crippen LogP contribution in [-0.4, -0.2) is 29.3 Å². The van der Waals surface area contributed by atoms with Crippen LogP contribution in [-0.2, 0) is 23.8 Å². The highest BCUT2D eigenvalue weighted by Gasteiger charge is 2.60. The Labute approximate surface area is 98.5 Å². The SMILES string of the molecule is C=C(C)C(=O)OC(C)(C)C1(C)OC(=O)OC1=O. The zero-order valence-electron chi connectivity index (χ0n) is 10.2. The predicted molar refractivity (Wildman–Crippen MR) is 56.0 cm³/mol. The molecule has 0 radical (unpaired) electrons. The summed E-state index contributed by atoms with van der Waals surface area (Å²) >= 11 is 0. The lowest BCUT2D eigenvalue weighted by Crippen LogP contribution is -2.55. The van der Waals surface area contributed by atoms with Crippen molar-refractivity contribution in [3.05, 3.63) is 12.2 Å². The number of cyclic esters (lactones) is 3. The van der Waals surface area contributed by atoms with E-state index in [1.165, 1.54) is 27.7 Å². The number of ether oxygens (including phenoxy) is 3. The maximum absolute atomic E-state index is 11.5. The molecule has 1 aliphatic rings. The second kappa shape index (κ2) is 3.87. The van der Waals surface area contributed by atoms with Crippen LogP contribution in [0.25, 0.3) is 0 Å². The number of carbonyl (C=O) groups is 3. The third kappa shape index (κ3) is 2.15. The Kier molecular flexibility index (Phi) is 3.01. The van der Waals surface area contributed by atoms with Crippen LogP contribution in [0.5, 0.6) is 0 Å². The van der Waals surface area contributed by atoms with Crippen LogP contribution in [0.2, 0.25) is 0 Å². The van der Waals surface area contributed by atoms with Gasteiger partial charge >= 0.3 is 18.1 Å². The maximum Gasteiger partial charge on any atom is 0.517 e. The highest BCUT2D eigenvalue weighted by molar-refractivity contribution is 5.96. The topological polar surface area (TPSA) is 78.9 Å². The van der Waals surface area contributed by atoms with E-state index < -0.39 is 29.3 Å². The van der Waals surface area contributed by atoms with Gasteiger partial charge in [-0.25, -0.2) is 14.4 Å². The van der Waals surface area contributed by atoms with E-state index in [4.69, 9.17) is 9.47 Å². The summed E-state index contributed by atoms with van der Waals surface area (Å²) in [5.41, 5.74) is -2.83. The number of hydrogen-bond donors (Lipinski definition) is 0. The molecule has 6 heteroatoms. The molecule has 1 fully saturated rings. The zero-order valence-corrected chi connectivity index (χ0v) is 10.2. The molecule has 0 bridgehead atoms. The second-order valence-corrected chi connectivity index (χ2v) is 4.45. The van der Waals surface area contributed by atoms with Crippen molar-refractivity contribution in [1.82, 2.24) is 0 Å². The van der Waals surface area contributed by atoms with E-state index >= 15 is 0 Å². The number of carbonyl (C=O) groups excluding carboxylic acids is 3. The summed E-state index contributed by atoms with van der Waals surface area (Å²) in [4.78, 5) is 33.9. The van der Waals surface area contributed by atoms with E-state index in [-0.39, 0.29) is 5.57 Å². The molecule has 1 atom stereocenters. The average Bonchev–Trinajstić information content (AvgIpc) is 2.41. The van der Waals surface area contributed by atoms with E-state index in [0.29, 0.717) is 0 Å². The first-order valence-corrected chi connectivity index (χ1v) is 4.94. The van der Waals surface area contributed by atoms with E-state index in [1.807, 2.05) is 0 Å². The fraction of sp³-hybridized carbons (Fsp3) is 0.545. The van der Waals surface area contributed by atoms with Crippen molar-refractivity contribution in [2.75, 3.05) is 0 Å². The minimum absolute atomic E-state index is 0.180. The normalized spacial score (nSPS) is 24.0. The van der Waals surface area contributed by atoms with Gasteiger partial charge in [-0.2, -0.15) is 0 Å². The van der Waals surface area contributed by atoms with E-state index in [1.54, 1.807) is 0 Å². The van der Waals surface area contributed by atoms with Gasteiger partial charge in [0, 0.05) is 5.57 Å². The predicted octanol–water partition coefficient (Wildman–Crippen LogP) is 1.34. The van der Waals surface area contributed by atoms with E-state index in [2.05, 4.69) is 11.3 Å². The summed E-state index contributed by atoms with van der Waals surface area (Å²) < 4.78 is 14.2. The smallest absolute Gasteiger partial charge is 0.451 e. The quantitative estimate of drug-likeness (QED) is 0.422. The van der Waals surface area contributed by atoms with Crippen molar-refractivity contribution in [3.8, 4) is 0 Å². The molecule has 17 heavy (non-hydrogen) atoms. The van der Waals surface area contributed by atoms with Crippen molar-refractivity contribution >= 4 is 18.1 Å². The highest BCUT2D eigenvalue weighted by atomic mass is 16.8. The molecule has 0 aromatic carbocycles. The molecule has 1 unspecified atom stereocenters. The molecule has 0 saturated carbocycles. The lowest BCUT2D eigenvalue weighted by atomic mass is 9.87. The first-order valence-electron chi connectivity index (χ1n) is 4.94. The largest absolute Gasteiger partial charge is 0.517 e. The fourth-order valence-electron chi connectivity index (χ4n) is 1.19. The molecular formula is C11H14O6. The van der Waals surface area contributed by atoms with Crippen LogP contribution in [0.4, 0.5) is 4.79 Å². The summed E-state index contributed by atoms with van der Waals surface area (Å²) in [6.07, 6.45) is -1.10. The van der Waals surface area contributed by atoms with Crippen molar-refractivity contribution in [1.29, 1.82) is 0 Å². The monoisotopic (exact) mass is 242 g/mol. The Hall–Kier alpha value is -1.85. The van der Waals surface area contributed by atoms with Crippen molar-refractivity contribution in [2.24, 2.45) is 0 Å². The van der Waals surface area contributed by atoms with Crippen molar-refractivity contribution < 1.29 is 28.6 Å². The molecule has 0 aromatic heterocycles. The van der Waals surface area contributed by atoms with Gasteiger partial charge < -0.3 is 14.2 Å². The number of esters is 2. The Morgan fingerprint density at radius 3 is 2.29 bits per heavy atom. The third-order valence-electron chi connectivity index (χ3n) is 2.70. The molecule has 1 heterocycles. The minimum Gasteiger partial charge on any atom is -0.451 e. The van der Waals surface area contributed by atoms with Gasteiger partial charge in [0.05, 0.1) is 0 Å². The van der Waals surface area contributed by atoms with Gasteiger partial charge in [-0.15, -0.1) is 0 Å². The summed E-state index contributed by atoms with van der Waals surface area (Å²) in [6, 6.07) is 0. The van der Waals surface area contributed by atoms with Gasteiger partial charge in [0.25, 0.3) is 0 Å². The second-order valence-electron chi connectivity index (χ2n) is 4.45. The van der Waals surface area contributed by atoms with Crippen LogP contribution in [0, 0.1) is 0 Å². The summed E-state index contributed by atoms with van der Waals surface area (Å²) in [6.45, 7) is 9.13. The van der Waals surface area contributed by atoms with Gasteiger partial charge in [0.1, 0.15) is 0 Å². The zero-order chi connectivity index (χ0) is 13.4. The molecule has 0 spiro atoms. The van der Waals surface area contributed by atoms with Gasteiger partial charge in [0.15, 0.2) is 5.60 Å². The lowest BCUT2D eigenvalue weighted by molar-refractivity contribution is -0.180. The Balaban J connectivity index is 2.97. The highest BCUT2D eigenvalue weighted by Crippen LogP contribution is 2.35. The summed E-state index contributed by atoms with van der Waals surface area (Å²) in [5.74, 6) is -1.56. The van der Waals surface area contributed by atoms with Crippen LogP contribution in [0.1, 0.15) is 27.7 Å². The fourth-order valence-corrected chi connectivity index (χ4v) is 1.19. The molecule has 1 rings (SSSR count). The van der Waals surface area contributed by atoms with Crippen molar-refractivity contribution in [3.63, 3.8) is 0 Å². The summed E-state index contributed by atoms with van der Waals surface area (Å²) in [7, 11) is 0. The van der Waals surface area contributed by atoms with Gasteiger partial charge in [0.2, 0.25) is 5.60 Å². The third-order valence-corrected chi connectivity index (χ3v) is 2.70. The first kappa shape index (κ1) is 13.2. The van der Waals surface area contributed by atoms with Crippen LogP contribution < -0.4 is 0 Å². The summed E-state index contributed by atoms with van der Waals surface area (Å²) in [5, 5.41) is 0. The van der Waals surface area contributed by atoms with Gasteiger partial charge in [-0.3, -0.25) is 0 Å². The molecule has 1 aliphatic heterocycles. The molecule has 94 valence electrons. The molecule has 1 saturated heterocycles. The van der Waals surface area contributed by atoms with Crippen LogP contribution in [0.3, 0.4) is 0 Å². The van der Waals surface area contributed by atoms with Gasteiger partial charge in [-0.1, -0.05) is 6.58 Å². The Morgan fingerprint density at radius 1 is 1.41 bits per heavy atom. The molecular weight excluding hydrogens is 228 g/mol. The lowest BCUT2D eigenvalue weighted by Gasteiger charge is -2.35. The van der Waals surface area contributed by atoms with E-state index in [9.17, 15) is 14.4 Å². The standard InChI is InChI=1S/C11H14O6/c1-6(2)7(12)16-10(3,4)11(5)8(13)15-9(14)17-11/h1H2,2-5H3. The van der Waals surface area contributed by atoms with Gasteiger partial charge in [-0.05, 0) is 27.7 Å². The molecule has 6 nitrogen and oxygen atoms in total. The van der Waals surface area contributed by atoms with E-state index in [0.717, 1.165) is 0 Å². The molecule has 0 N–H and O–H groups in total. The number of hydrogen-bond acceptors (Lipinski definition) is 6. The van der Waals surface area contributed by atoms with Crippen molar-refractivity contribution in [2.45, 2.75) is 38.9 Å².